The molecule has 0 aromatic heterocycles. The van der Waals surface area contributed by atoms with Crippen molar-refractivity contribution in [3.8, 4) is 5.75 Å². The fourth-order valence-electron chi connectivity index (χ4n) is 3.04. The molecule has 0 N–H and O–H groups in total. The van der Waals surface area contributed by atoms with Gasteiger partial charge in [-0.15, -0.1) is 0 Å². The van der Waals surface area contributed by atoms with E-state index in [4.69, 9.17) is 9.47 Å². The second-order valence-corrected chi connectivity index (χ2v) is 7.32. The predicted molar refractivity (Wildman–Crippen MR) is 78.0 cm³/mol. The van der Waals surface area contributed by atoms with E-state index in [1.165, 1.54) is 12.0 Å². The first-order chi connectivity index (χ1) is 8.49. The van der Waals surface area contributed by atoms with Gasteiger partial charge in [0.1, 0.15) is 11.4 Å². The lowest BCUT2D eigenvalue weighted by molar-refractivity contribution is -0.117. The summed E-state index contributed by atoms with van der Waals surface area (Å²) in [5.74, 6) is 1.37. The first-order valence-electron chi connectivity index (χ1n) is 6.28. The normalized spacial score (nSPS) is 29.1. The van der Waals surface area contributed by atoms with E-state index < -0.39 is 0 Å². The minimum absolute atomic E-state index is 0.159. The van der Waals surface area contributed by atoms with Gasteiger partial charge >= 0.3 is 0 Å². The summed E-state index contributed by atoms with van der Waals surface area (Å²) in [7, 11) is 0. The van der Waals surface area contributed by atoms with Gasteiger partial charge in [-0.1, -0.05) is 15.9 Å². The minimum Gasteiger partial charge on any atom is -0.486 e. The summed E-state index contributed by atoms with van der Waals surface area (Å²) in [6.45, 7) is 5.17. The molecular formula is C14H16Br2O2. The van der Waals surface area contributed by atoms with Crippen LogP contribution in [0.2, 0.25) is 0 Å². The number of hydrogen-bond acceptors (Lipinski definition) is 2. The summed E-state index contributed by atoms with van der Waals surface area (Å²) in [6.07, 6.45) is 2.45. The molecule has 3 rings (SSSR count). The van der Waals surface area contributed by atoms with E-state index in [-0.39, 0.29) is 11.7 Å². The summed E-state index contributed by atoms with van der Waals surface area (Å²) in [6, 6.07) is 4.15. The Morgan fingerprint density at radius 2 is 2.06 bits per heavy atom. The summed E-state index contributed by atoms with van der Waals surface area (Å²) in [5.41, 5.74) is 0.995. The topological polar surface area (TPSA) is 18.5 Å². The average molecular weight is 376 g/mol. The van der Waals surface area contributed by atoms with Crippen LogP contribution in [0.15, 0.2) is 21.1 Å². The summed E-state index contributed by atoms with van der Waals surface area (Å²) >= 11 is 7.14. The first-order valence-corrected chi connectivity index (χ1v) is 7.87. The minimum atomic E-state index is -0.172. The van der Waals surface area contributed by atoms with Crippen molar-refractivity contribution in [3.63, 3.8) is 0 Å². The number of halogens is 2. The van der Waals surface area contributed by atoms with Gasteiger partial charge in [0.2, 0.25) is 0 Å². The predicted octanol–water partition coefficient (Wildman–Crippen LogP) is 4.85. The molecular weight excluding hydrogens is 360 g/mol. The molecule has 2 unspecified atom stereocenters. The average Bonchev–Trinajstić information content (AvgIpc) is 2.31. The highest BCUT2D eigenvalue weighted by molar-refractivity contribution is 9.11. The highest BCUT2D eigenvalue weighted by atomic mass is 79.9. The molecule has 2 aliphatic rings. The van der Waals surface area contributed by atoms with Crippen LogP contribution in [0.4, 0.5) is 0 Å². The van der Waals surface area contributed by atoms with E-state index >= 15 is 0 Å². The van der Waals surface area contributed by atoms with Crippen LogP contribution in [-0.2, 0) is 4.74 Å². The molecule has 2 nitrogen and oxygen atoms in total. The van der Waals surface area contributed by atoms with Crippen molar-refractivity contribution in [2.24, 2.45) is 5.92 Å². The van der Waals surface area contributed by atoms with Gasteiger partial charge in [0.05, 0.1) is 10.6 Å². The van der Waals surface area contributed by atoms with E-state index in [0.29, 0.717) is 5.92 Å². The highest BCUT2D eigenvalue weighted by Gasteiger charge is 2.46. The molecule has 1 aromatic carbocycles. The standard InChI is InChI=1S/C14H16Br2O2/c1-14(2)10-4-3-5-17-12(10)9-6-8(15)7-11(16)13(9)18-14/h6-7,10,12H,3-5H2,1-2H3. The molecule has 1 fully saturated rings. The Bertz CT molecular complexity index is 485. The Balaban J connectivity index is 2.14. The van der Waals surface area contributed by atoms with E-state index in [1.54, 1.807) is 0 Å². The maximum Gasteiger partial charge on any atom is 0.140 e. The van der Waals surface area contributed by atoms with Gasteiger partial charge in [0.25, 0.3) is 0 Å². The van der Waals surface area contributed by atoms with E-state index in [2.05, 4.69) is 51.8 Å². The smallest absolute Gasteiger partial charge is 0.140 e. The van der Waals surface area contributed by atoms with Gasteiger partial charge in [-0.2, -0.15) is 0 Å². The summed E-state index contributed by atoms with van der Waals surface area (Å²) < 4.78 is 14.3. The van der Waals surface area contributed by atoms with Crippen LogP contribution >= 0.6 is 31.9 Å². The maximum absolute atomic E-state index is 6.23. The molecule has 1 saturated heterocycles. The number of hydrogen-bond donors (Lipinski definition) is 0. The fraction of sp³-hybridized carbons (Fsp3) is 0.571. The van der Waals surface area contributed by atoms with Crippen LogP contribution in [0, 0.1) is 5.92 Å². The fourth-order valence-corrected chi connectivity index (χ4v) is 4.38. The Labute approximate surface area is 124 Å². The van der Waals surface area contributed by atoms with Gasteiger partial charge < -0.3 is 9.47 Å². The third kappa shape index (κ3) is 2.02. The zero-order chi connectivity index (χ0) is 12.9. The van der Waals surface area contributed by atoms with Crippen LogP contribution in [0.5, 0.6) is 5.75 Å². The van der Waals surface area contributed by atoms with Crippen molar-refractivity contribution in [2.75, 3.05) is 6.61 Å². The molecule has 0 spiro atoms. The molecule has 0 amide bonds. The third-order valence-corrected chi connectivity index (χ3v) is 4.97. The van der Waals surface area contributed by atoms with Gasteiger partial charge in [-0.3, -0.25) is 0 Å². The molecule has 4 heteroatoms. The molecule has 0 saturated carbocycles. The van der Waals surface area contributed by atoms with Gasteiger partial charge in [0, 0.05) is 22.6 Å². The van der Waals surface area contributed by atoms with E-state index in [9.17, 15) is 0 Å². The SMILES string of the molecule is CC1(C)Oc2c(Br)cc(Br)cc2C2OCCCC21. The summed E-state index contributed by atoms with van der Waals surface area (Å²) in [4.78, 5) is 0. The molecule has 98 valence electrons. The molecule has 2 atom stereocenters. The molecule has 2 heterocycles. The van der Waals surface area contributed by atoms with Crippen molar-refractivity contribution in [3.05, 3.63) is 26.6 Å². The highest BCUT2D eigenvalue weighted by Crippen LogP contribution is 2.52. The number of ether oxygens (including phenoxy) is 2. The Morgan fingerprint density at radius 1 is 1.28 bits per heavy atom. The van der Waals surface area contributed by atoms with Crippen molar-refractivity contribution in [1.29, 1.82) is 0 Å². The maximum atomic E-state index is 6.23. The van der Waals surface area contributed by atoms with E-state index in [0.717, 1.165) is 27.7 Å². The number of rotatable bonds is 0. The van der Waals surface area contributed by atoms with Gasteiger partial charge in [-0.25, -0.2) is 0 Å². The second kappa shape index (κ2) is 4.50. The molecule has 0 aliphatic carbocycles. The molecule has 0 radical (unpaired) electrons. The largest absolute Gasteiger partial charge is 0.486 e. The second-order valence-electron chi connectivity index (χ2n) is 5.55. The van der Waals surface area contributed by atoms with Crippen molar-refractivity contribution in [1.82, 2.24) is 0 Å². The number of benzene rings is 1. The molecule has 1 aromatic rings. The zero-order valence-corrected chi connectivity index (χ0v) is 13.7. The lowest BCUT2D eigenvalue weighted by Gasteiger charge is -2.47. The third-order valence-electron chi connectivity index (χ3n) is 3.92. The number of fused-ring (bicyclic) bond motifs is 3. The van der Waals surface area contributed by atoms with Gasteiger partial charge in [0.15, 0.2) is 0 Å². The molecule has 0 bridgehead atoms. The van der Waals surface area contributed by atoms with E-state index in [1.807, 2.05) is 6.07 Å². The van der Waals surface area contributed by atoms with Crippen molar-refractivity contribution in [2.45, 2.75) is 38.4 Å². The van der Waals surface area contributed by atoms with Crippen molar-refractivity contribution >= 4 is 31.9 Å². The monoisotopic (exact) mass is 374 g/mol. The Morgan fingerprint density at radius 3 is 2.83 bits per heavy atom. The lowest BCUT2D eigenvalue weighted by atomic mass is 9.76. The zero-order valence-electron chi connectivity index (χ0n) is 10.5. The molecule has 2 aliphatic heterocycles. The quantitative estimate of drug-likeness (QED) is 0.645. The first kappa shape index (κ1) is 12.9. The van der Waals surface area contributed by atoms with Gasteiger partial charge in [-0.05, 0) is 54.8 Å². The van der Waals surface area contributed by atoms with Crippen LogP contribution in [0.1, 0.15) is 38.4 Å². The van der Waals surface area contributed by atoms with Crippen LogP contribution in [0.25, 0.3) is 0 Å². The lowest BCUT2D eigenvalue weighted by Crippen LogP contribution is -2.47. The van der Waals surface area contributed by atoms with Crippen LogP contribution < -0.4 is 4.74 Å². The van der Waals surface area contributed by atoms with Crippen LogP contribution in [0.3, 0.4) is 0 Å². The summed E-state index contributed by atoms with van der Waals surface area (Å²) in [5, 5.41) is 0. The van der Waals surface area contributed by atoms with Crippen molar-refractivity contribution < 1.29 is 9.47 Å². The Hall–Kier alpha value is -0.0600. The molecule has 18 heavy (non-hydrogen) atoms. The Kier molecular flexibility index (Phi) is 3.23. The van der Waals surface area contributed by atoms with Crippen LogP contribution in [-0.4, -0.2) is 12.2 Å².